The van der Waals surface area contributed by atoms with Gasteiger partial charge in [-0.2, -0.15) is 0 Å². The molecule has 298 valence electrons. The van der Waals surface area contributed by atoms with E-state index >= 15 is 0 Å². The topological polar surface area (TPSA) is 162 Å². The molecule has 0 unspecified atom stereocenters. The van der Waals surface area contributed by atoms with Crippen molar-refractivity contribution in [2.75, 3.05) is 113 Å². The second-order valence-electron chi connectivity index (χ2n) is 11.0. The minimum absolute atomic E-state index is 0.127. The van der Waals surface area contributed by atoms with Crippen LogP contribution in [0.4, 0.5) is 0 Å². The molecule has 0 radical (unpaired) electrons. The number of esters is 3. The van der Waals surface area contributed by atoms with Crippen LogP contribution >= 0.6 is 0 Å². The van der Waals surface area contributed by atoms with Crippen molar-refractivity contribution in [3.8, 4) is 5.75 Å². The van der Waals surface area contributed by atoms with Crippen molar-refractivity contribution in [1.82, 2.24) is 0 Å². The van der Waals surface area contributed by atoms with E-state index in [-0.39, 0.29) is 71.3 Å². The van der Waals surface area contributed by atoms with Crippen LogP contribution in [0.1, 0.15) is 48.9 Å². The van der Waals surface area contributed by atoms with Crippen molar-refractivity contribution in [1.29, 1.82) is 0 Å². The third-order valence-corrected chi connectivity index (χ3v) is 6.79. The van der Waals surface area contributed by atoms with Crippen molar-refractivity contribution in [2.45, 2.75) is 38.5 Å². The van der Waals surface area contributed by atoms with Crippen LogP contribution in [-0.2, 0) is 61.7 Å². The number of hydrogen-bond acceptors (Lipinski definition) is 15. The quantitative estimate of drug-likeness (QED) is 0.0418. The van der Waals surface area contributed by atoms with Crippen LogP contribution in [0.3, 0.4) is 0 Å². The van der Waals surface area contributed by atoms with E-state index in [0.29, 0.717) is 104 Å². The lowest BCUT2D eigenvalue weighted by Gasteiger charge is -2.09. The Morgan fingerprint density at radius 3 is 1.28 bits per heavy atom. The molecule has 2 aromatic carbocycles. The van der Waals surface area contributed by atoms with Crippen LogP contribution in [-0.4, -0.2) is 131 Å². The molecule has 0 spiro atoms. The number of ether oxygens (including phenoxy) is 12. The minimum atomic E-state index is -0.380. The third-order valence-electron chi connectivity index (χ3n) is 6.79. The standard InChI is InChI=1S/C38H56O15/c39-36(15-7-10-18-46-32-48-23-20-44-27-30-52-38(41)34-11-3-1-4-12-34)50-28-25-42-19-22-47-31-45-17-9-8-16-37(40)51-29-26-43-21-24-49-33-53-35-13-5-2-6-14-35/h1-6,11-14H,7-10,15-33H2. The lowest BCUT2D eigenvalue weighted by molar-refractivity contribution is -0.146. The molecule has 0 heterocycles. The molecule has 0 aliphatic carbocycles. The summed E-state index contributed by atoms with van der Waals surface area (Å²) in [5, 5.41) is 0. The number of rotatable bonds is 36. The first-order chi connectivity index (χ1) is 26.1. The van der Waals surface area contributed by atoms with Crippen LogP contribution in [0.5, 0.6) is 5.75 Å². The van der Waals surface area contributed by atoms with Gasteiger partial charge in [0.2, 0.25) is 0 Å². The summed E-state index contributed by atoms with van der Waals surface area (Å²) in [7, 11) is 0. The summed E-state index contributed by atoms with van der Waals surface area (Å²) in [6, 6.07) is 18.2. The SMILES string of the molecule is O=C(CCCCOCOCCOCCOC(=O)c1ccccc1)OCCOCCOCOCCCCC(=O)OCCOCCOCOc1ccccc1. The summed E-state index contributed by atoms with van der Waals surface area (Å²) in [6.45, 7) is 4.91. The van der Waals surface area contributed by atoms with Gasteiger partial charge in [0.05, 0.1) is 65.0 Å². The minimum Gasteiger partial charge on any atom is -0.468 e. The van der Waals surface area contributed by atoms with Gasteiger partial charge in [-0.3, -0.25) is 9.59 Å². The number of carbonyl (C=O) groups is 3. The fraction of sp³-hybridized carbons (Fsp3) is 0.605. The van der Waals surface area contributed by atoms with Gasteiger partial charge in [0.15, 0.2) is 6.79 Å². The maximum Gasteiger partial charge on any atom is 0.338 e. The second-order valence-corrected chi connectivity index (χ2v) is 11.0. The molecule has 0 N–H and O–H groups in total. The summed E-state index contributed by atoms with van der Waals surface area (Å²) >= 11 is 0. The molecule has 0 aromatic heterocycles. The first-order valence-corrected chi connectivity index (χ1v) is 18.0. The number of hydrogen-bond donors (Lipinski definition) is 0. The zero-order valence-electron chi connectivity index (χ0n) is 30.7. The lowest BCUT2D eigenvalue weighted by atomic mass is 10.2. The molecule has 0 bridgehead atoms. The highest BCUT2D eigenvalue weighted by Crippen LogP contribution is 2.08. The summed E-state index contributed by atoms with van der Waals surface area (Å²) < 4.78 is 63.7. The van der Waals surface area contributed by atoms with Crippen LogP contribution in [0, 0.1) is 0 Å². The van der Waals surface area contributed by atoms with Crippen molar-refractivity contribution >= 4 is 17.9 Å². The maximum absolute atomic E-state index is 11.8. The van der Waals surface area contributed by atoms with Gasteiger partial charge < -0.3 is 56.8 Å². The van der Waals surface area contributed by atoms with Crippen LogP contribution in [0.25, 0.3) is 0 Å². The van der Waals surface area contributed by atoms with Gasteiger partial charge in [0.1, 0.15) is 39.2 Å². The Morgan fingerprint density at radius 2 is 0.774 bits per heavy atom. The van der Waals surface area contributed by atoms with E-state index in [9.17, 15) is 14.4 Å². The Morgan fingerprint density at radius 1 is 0.377 bits per heavy atom. The second kappa shape index (κ2) is 34.1. The molecule has 0 aliphatic heterocycles. The number of unbranched alkanes of at least 4 members (excludes halogenated alkanes) is 2. The van der Waals surface area contributed by atoms with E-state index in [0.717, 1.165) is 5.75 Å². The molecule has 0 saturated heterocycles. The van der Waals surface area contributed by atoms with Crippen LogP contribution < -0.4 is 4.74 Å². The first kappa shape index (κ1) is 45.5. The molecule has 0 amide bonds. The van der Waals surface area contributed by atoms with Crippen LogP contribution in [0.15, 0.2) is 60.7 Å². The molecular weight excluding hydrogens is 696 g/mol. The average Bonchev–Trinajstić information content (AvgIpc) is 3.18. The van der Waals surface area contributed by atoms with E-state index in [2.05, 4.69) is 0 Å². The molecule has 2 rings (SSSR count). The van der Waals surface area contributed by atoms with Gasteiger partial charge in [-0.05, 0) is 49.9 Å². The van der Waals surface area contributed by atoms with Crippen molar-refractivity contribution < 1.29 is 71.2 Å². The van der Waals surface area contributed by atoms with Crippen molar-refractivity contribution in [3.05, 3.63) is 66.2 Å². The predicted molar refractivity (Wildman–Crippen MR) is 190 cm³/mol. The molecule has 0 atom stereocenters. The Balaban J connectivity index is 1.19. The van der Waals surface area contributed by atoms with E-state index in [1.54, 1.807) is 24.3 Å². The Hall–Kier alpha value is -3.67. The van der Waals surface area contributed by atoms with Gasteiger partial charge in [0.25, 0.3) is 0 Å². The van der Waals surface area contributed by atoms with Gasteiger partial charge in [-0.15, -0.1) is 0 Å². The smallest absolute Gasteiger partial charge is 0.338 e. The predicted octanol–water partition coefficient (Wildman–Crippen LogP) is 4.35. The summed E-state index contributed by atoms with van der Waals surface area (Å²) in [5.41, 5.74) is 0.504. The van der Waals surface area contributed by atoms with Crippen molar-refractivity contribution in [3.63, 3.8) is 0 Å². The molecule has 15 heteroatoms. The summed E-state index contributed by atoms with van der Waals surface area (Å²) in [6.07, 6.45) is 3.30. The average molecular weight is 753 g/mol. The molecule has 0 aliphatic rings. The lowest BCUT2D eigenvalue weighted by Crippen LogP contribution is -2.14. The highest BCUT2D eigenvalue weighted by Gasteiger charge is 2.06. The van der Waals surface area contributed by atoms with Gasteiger partial charge in [-0.25, -0.2) is 4.79 Å². The maximum atomic E-state index is 11.8. The van der Waals surface area contributed by atoms with Crippen molar-refractivity contribution in [2.24, 2.45) is 0 Å². The Bertz CT molecular complexity index is 1150. The molecule has 15 nitrogen and oxygen atoms in total. The zero-order chi connectivity index (χ0) is 37.7. The number of carbonyl (C=O) groups excluding carboxylic acids is 3. The number of benzene rings is 2. The van der Waals surface area contributed by atoms with E-state index in [1.165, 1.54) is 0 Å². The third kappa shape index (κ3) is 28.5. The Labute approximate surface area is 312 Å². The molecule has 0 saturated carbocycles. The highest BCUT2D eigenvalue weighted by molar-refractivity contribution is 5.89. The van der Waals surface area contributed by atoms with E-state index < -0.39 is 0 Å². The molecule has 2 aromatic rings. The summed E-state index contributed by atoms with van der Waals surface area (Å²) in [4.78, 5) is 35.4. The van der Waals surface area contributed by atoms with Gasteiger partial charge >= 0.3 is 17.9 Å². The molecule has 0 fully saturated rings. The number of para-hydroxylation sites is 1. The van der Waals surface area contributed by atoms with Gasteiger partial charge in [-0.1, -0.05) is 36.4 Å². The highest BCUT2D eigenvalue weighted by atomic mass is 16.7. The van der Waals surface area contributed by atoms with E-state index in [1.807, 2.05) is 36.4 Å². The molecule has 53 heavy (non-hydrogen) atoms. The monoisotopic (exact) mass is 752 g/mol. The van der Waals surface area contributed by atoms with E-state index in [4.69, 9.17) is 56.8 Å². The largest absolute Gasteiger partial charge is 0.468 e. The fourth-order valence-corrected chi connectivity index (χ4v) is 4.07. The fourth-order valence-electron chi connectivity index (χ4n) is 4.07. The molecular formula is C38H56O15. The first-order valence-electron chi connectivity index (χ1n) is 18.0. The Kier molecular flexibility index (Phi) is 29.3. The normalized spacial score (nSPS) is 10.9. The van der Waals surface area contributed by atoms with Gasteiger partial charge in [0, 0.05) is 26.1 Å². The van der Waals surface area contributed by atoms with Crippen LogP contribution in [0.2, 0.25) is 0 Å². The summed E-state index contributed by atoms with van der Waals surface area (Å²) in [5.74, 6) is -0.196. The zero-order valence-corrected chi connectivity index (χ0v) is 30.7.